The van der Waals surface area contributed by atoms with Crippen molar-refractivity contribution in [3.05, 3.63) is 47.6 Å². The van der Waals surface area contributed by atoms with Gasteiger partial charge in [-0.15, -0.1) is 0 Å². The Morgan fingerprint density at radius 3 is 2.26 bits per heavy atom. The number of carboxylic acids is 1. The third kappa shape index (κ3) is 4.50. The van der Waals surface area contributed by atoms with Crippen LogP contribution in [0.1, 0.15) is 105 Å². The minimum absolute atomic E-state index is 0.0110. The minimum Gasteiger partial charge on any atom is -0.508 e. The number of phenolic OH excluding ortho intramolecular Hbond substituents is 1. The summed E-state index contributed by atoms with van der Waals surface area (Å²) in [6.45, 7) is 15.3. The van der Waals surface area contributed by atoms with E-state index in [1.807, 2.05) is 6.92 Å². The Balaban J connectivity index is 1.31. The lowest BCUT2D eigenvalue weighted by Crippen LogP contribution is -2.69. The number of fused-ring (bicyclic) bond motifs is 7. The van der Waals surface area contributed by atoms with Crippen molar-refractivity contribution in [1.29, 1.82) is 0 Å². The van der Waals surface area contributed by atoms with Crippen molar-refractivity contribution in [3.63, 3.8) is 0 Å². The summed E-state index contributed by atoms with van der Waals surface area (Å²) in [4.78, 5) is 26.0. The lowest BCUT2D eigenvalue weighted by molar-refractivity contribution is -0.242. The van der Waals surface area contributed by atoms with Crippen molar-refractivity contribution in [3.8, 4) is 5.75 Å². The summed E-state index contributed by atoms with van der Waals surface area (Å²) in [6.07, 6.45) is 9.72. The Hall–Kier alpha value is -2.64. The monoisotopic (exact) mass is 634 g/mol. The first-order valence-electron chi connectivity index (χ1n) is 17.4. The third-order valence-electron chi connectivity index (χ3n) is 14.9. The second-order valence-corrected chi connectivity index (χ2v) is 17.2. The van der Waals surface area contributed by atoms with Crippen molar-refractivity contribution >= 4 is 18.0 Å². The molecule has 0 spiro atoms. The zero-order chi connectivity index (χ0) is 33.7. The summed E-state index contributed by atoms with van der Waals surface area (Å²) >= 11 is 0. The van der Waals surface area contributed by atoms with Crippen molar-refractivity contribution in [2.75, 3.05) is 0 Å². The quantitative estimate of drug-likeness (QED) is 0.158. The number of aliphatic hydroxyl groups is 2. The molecule has 0 aromatic heterocycles. The number of carbonyl (C=O) groups excluding carboxylic acids is 1. The molecule has 0 aliphatic heterocycles. The van der Waals surface area contributed by atoms with Crippen molar-refractivity contribution in [2.24, 2.45) is 50.7 Å². The number of benzene rings is 1. The van der Waals surface area contributed by atoms with Gasteiger partial charge in [0.05, 0.1) is 17.1 Å². The van der Waals surface area contributed by atoms with Crippen LogP contribution in [0.25, 0.3) is 6.08 Å². The van der Waals surface area contributed by atoms with Crippen LogP contribution >= 0.6 is 0 Å². The molecular formula is C39H54O7. The van der Waals surface area contributed by atoms with E-state index in [1.165, 1.54) is 6.08 Å². The second kappa shape index (κ2) is 10.7. The first-order valence-corrected chi connectivity index (χ1v) is 17.4. The smallest absolute Gasteiger partial charge is 0.331 e. The maximum Gasteiger partial charge on any atom is 0.331 e. The van der Waals surface area contributed by atoms with Gasteiger partial charge >= 0.3 is 11.9 Å². The van der Waals surface area contributed by atoms with E-state index < -0.39 is 46.5 Å². The fraction of sp³-hybridized carbons (Fsp3) is 0.692. The summed E-state index contributed by atoms with van der Waals surface area (Å²) in [7, 11) is 0. The molecule has 46 heavy (non-hydrogen) atoms. The number of allylic oxidation sites excluding steroid dienone is 1. The molecule has 0 saturated heterocycles. The van der Waals surface area contributed by atoms with E-state index in [9.17, 15) is 30.0 Å². The van der Waals surface area contributed by atoms with Crippen molar-refractivity contribution < 1.29 is 34.8 Å². The van der Waals surface area contributed by atoms with Crippen LogP contribution in [-0.4, -0.2) is 50.2 Å². The fourth-order valence-corrected chi connectivity index (χ4v) is 12.1. The average Bonchev–Trinajstić information content (AvgIpc) is 2.97. The van der Waals surface area contributed by atoms with E-state index in [-0.39, 0.29) is 39.7 Å². The maximum atomic E-state index is 13.0. The van der Waals surface area contributed by atoms with Crippen LogP contribution in [0.4, 0.5) is 0 Å². The van der Waals surface area contributed by atoms with Gasteiger partial charge in [0.15, 0.2) is 0 Å². The van der Waals surface area contributed by atoms with E-state index >= 15 is 0 Å². The summed E-state index contributed by atoms with van der Waals surface area (Å²) in [5, 5.41) is 44.0. The molecule has 0 bridgehead atoms. The first-order chi connectivity index (χ1) is 21.3. The SMILES string of the molecule is C[C@H]1CC[C@@]2(C(=O)O)CC[C@@]3(C)C(=CC[C@H]4[C@@]5(C)C[C@@H](O)[C@H](OC(=O)C=Cc6ccc(O)cc6)C(C)(C)[C@H]5CC[C@]43C)[C@@H]2[C@]1(C)O. The lowest BCUT2D eigenvalue weighted by atomic mass is 9.33. The van der Waals surface area contributed by atoms with Crippen LogP contribution in [-0.2, 0) is 14.3 Å². The van der Waals surface area contributed by atoms with Gasteiger partial charge in [0.2, 0.25) is 0 Å². The molecule has 0 radical (unpaired) electrons. The Bertz CT molecular complexity index is 1460. The number of aliphatic carboxylic acids is 1. The van der Waals surface area contributed by atoms with E-state index in [1.54, 1.807) is 30.3 Å². The average molecular weight is 635 g/mol. The van der Waals surface area contributed by atoms with Gasteiger partial charge in [-0.2, -0.15) is 0 Å². The van der Waals surface area contributed by atoms with Crippen LogP contribution < -0.4 is 0 Å². The van der Waals surface area contributed by atoms with Crippen LogP contribution in [0.5, 0.6) is 5.75 Å². The van der Waals surface area contributed by atoms with Gasteiger partial charge in [-0.25, -0.2) is 4.79 Å². The zero-order valence-electron chi connectivity index (χ0n) is 28.7. The third-order valence-corrected chi connectivity index (χ3v) is 14.9. The highest BCUT2D eigenvalue weighted by Crippen LogP contribution is 2.76. The Kier molecular flexibility index (Phi) is 7.73. The summed E-state index contributed by atoms with van der Waals surface area (Å²) in [6, 6.07) is 6.57. The molecule has 5 aliphatic carbocycles. The van der Waals surface area contributed by atoms with E-state index in [4.69, 9.17) is 4.74 Å². The molecular weight excluding hydrogens is 580 g/mol. The van der Waals surface area contributed by atoms with Gasteiger partial charge in [-0.05, 0) is 116 Å². The highest BCUT2D eigenvalue weighted by atomic mass is 16.6. The molecule has 11 atom stereocenters. The van der Waals surface area contributed by atoms with Gasteiger partial charge < -0.3 is 25.2 Å². The molecule has 6 rings (SSSR count). The molecule has 5 aliphatic rings. The predicted molar refractivity (Wildman–Crippen MR) is 176 cm³/mol. The summed E-state index contributed by atoms with van der Waals surface area (Å²) in [5.74, 6) is -1.07. The number of aliphatic hydroxyl groups excluding tert-OH is 1. The topological polar surface area (TPSA) is 124 Å². The van der Waals surface area contributed by atoms with Crippen LogP contribution in [0.2, 0.25) is 0 Å². The van der Waals surface area contributed by atoms with Crippen LogP contribution in [0, 0.1) is 50.7 Å². The number of phenols is 1. The number of carbonyl (C=O) groups is 2. The van der Waals surface area contributed by atoms with Gasteiger partial charge in [0.1, 0.15) is 11.9 Å². The molecule has 1 aromatic carbocycles. The number of carboxylic acid groups (broad SMARTS) is 1. The molecule has 4 fully saturated rings. The first kappa shape index (κ1) is 33.3. The molecule has 4 saturated carbocycles. The van der Waals surface area contributed by atoms with Gasteiger partial charge in [0.25, 0.3) is 0 Å². The van der Waals surface area contributed by atoms with E-state index in [0.29, 0.717) is 25.7 Å². The normalized spacial score (nSPS) is 46.2. The van der Waals surface area contributed by atoms with Gasteiger partial charge in [0, 0.05) is 17.4 Å². The lowest BCUT2D eigenvalue weighted by Gasteiger charge is -2.72. The fourth-order valence-electron chi connectivity index (χ4n) is 12.1. The van der Waals surface area contributed by atoms with Crippen molar-refractivity contribution in [1.82, 2.24) is 0 Å². The van der Waals surface area contributed by atoms with Crippen LogP contribution in [0.3, 0.4) is 0 Å². The number of ether oxygens (including phenoxy) is 1. The summed E-state index contributed by atoms with van der Waals surface area (Å²) < 4.78 is 6.03. The molecule has 1 aromatic rings. The zero-order valence-corrected chi connectivity index (χ0v) is 28.7. The molecule has 0 amide bonds. The summed E-state index contributed by atoms with van der Waals surface area (Å²) in [5.41, 5.74) is -1.25. The molecule has 0 unspecified atom stereocenters. The number of esters is 1. The highest BCUT2D eigenvalue weighted by Gasteiger charge is 2.72. The largest absolute Gasteiger partial charge is 0.508 e. The highest BCUT2D eigenvalue weighted by molar-refractivity contribution is 5.87. The van der Waals surface area contributed by atoms with E-state index in [0.717, 1.165) is 36.8 Å². The Morgan fingerprint density at radius 1 is 0.935 bits per heavy atom. The Morgan fingerprint density at radius 2 is 1.61 bits per heavy atom. The van der Waals surface area contributed by atoms with E-state index in [2.05, 4.69) is 47.6 Å². The molecule has 252 valence electrons. The molecule has 0 heterocycles. The number of hydrogen-bond donors (Lipinski definition) is 4. The standard InChI is InChI=1S/C39H54O7/c1-23-16-19-39(33(43)44)21-20-36(5)26(31(39)38(23,7)45)13-14-29-35(4)22-27(41)32(34(2,3)28(35)17-18-37(29,36)6)46-30(42)15-10-24-8-11-25(40)12-9-24/h8-13,15,23,27-29,31-32,40-41,45H,14,16-22H2,1-7H3,(H,43,44)/t23-,27+,28+,29-,31+,32-,35-,36-,37+,38+,39+/m0/s1. The maximum absolute atomic E-state index is 13.0. The predicted octanol–water partition coefficient (Wildman–Crippen LogP) is 7.15. The number of rotatable bonds is 4. The van der Waals surface area contributed by atoms with Crippen molar-refractivity contribution in [2.45, 2.75) is 118 Å². The number of hydrogen-bond acceptors (Lipinski definition) is 6. The molecule has 7 heteroatoms. The van der Waals surface area contributed by atoms with Crippen LogP contribution in [0.15, 0.2) is 42.0 Å². The number of aromatic hydroxyl groups is 1. The second-order valence-electron chi connectivity index (χ2n) is 17.2. The van der Waals surface area contributed by atoms with Gasteiger partial charge in [-0.1, -0.05) is 65.3 Å². The Labute approximate surface area is 274 Å². The molecule has 7 nitrogen and oxygen atoms in total. The van der Waals surface area contributed by atoms with Gasteiger partial charge in [-0.3, -0.25) is 4.79 Å². The minimum atomic E-state index is -1.11. The molecule has 4 N–H and O–H groups in total.